The molecule has 5 aliphatic carbocycles. The van der Waals surface area contributed by atoms with Crippen LogP contribution in [-0.4, -0.2) is 46.7 Å². The lowest BCUT2D eigenvalue weighted by Gasteiger charge is -2.71. The standard InChI is InChI=1S/C46H75NO7/c1-41(2)26-28-46(40(53)47-30-15-13-11-9-8-10-12-14-17-37(48)49)29-27-44(6)32(33(46)31-41)20-21-35-43(5)24-23-36(54-39(52)19-16-18-38(50)51)42(3,4)34(43)22-25-45(35,44)7/h20,33-36H,8-19,21-31H2,1-7H3,(H,47,53)(H,48,49)(H,50,51)/t33-,34-,35+,36-,43-,44+,45+,46-/m0/s1. The van der Waals surface area contributed by atoms with Gasteiger partial charge in [-0.15, -0.1) is 0 Å². The quantitative estimate of drug-likeness (QED) is 0.0766. The van der Waals surface area contributed by atoms with E-state index < -0.39 is 11.9 Å². The zero-order chi connectivity index (χ0) is 39.6. The second-order valence-electron chi connectivity index (χ2n) is 20.7. The molecule has 8 atom stereocenters. The minimum Gasteiger partial charge on any atom is -0.481 e. The molecule has 0 aliphatic heterocycles. The maximum atomic E-state index is 14.5. The maximum Gasteiger partial charge on any atom is 0.306 e. The van der Waals surface area contributed by atoms with E-state index in [1.54, 1.807) is 5.57 Å². The fourth-order valence-electron chi connectivity index (χ4n) is 13.3. The predicted molar refractivity (Wildman–Crippen MR) is 213 cm³/mol. The summed E-state index contributed by atoms with van der Waals surface area (Å²) in [6.07, 6.45) is 22.1. The van der Waals surface area contributed by atoms with Gasteiger partial charge in [-0.1, -0.05) is 98.6 Å². The number of carbonyl (C=O) groups is 4. The second-order valence-corrected chi connectivity index (χ2v) is 20.7. The summed E-state index contributed by atoms with van der Waals surface area (Å²) in [6, 6.07) is 0. The van der Waals surface area contributed by atoms with Crippen LogP contribution in [0.2, 0.25) is 0 Å². The van der Waals surface area contributed by atoms with Crippen LogP contribution < -0.4 is 5.32 Å². The van der Waals surface area contributed by atoms with Crippen molar-refractivity contribution in [2.75, 3.05) is 6.54 Å². The summed E-state index contributed by atoms with van der Waals surface area (Å²) in [6.45, 7) is 17.9. The van der Waals surface area contributed by atoms with Gasteiger partial charge in [0.05, 0.1) is 5.41 Å². The van der Waals surface area contributed by atoms with Gasteiger partial charge in [0.1, 0.15) is 6.10 Å². The van der Waals surface area contributed by atoms with Crippen molar-refractivity contribution in [3.8, 4) is 0 Å². The number of carboxylic acid groups (broad SMARTS) is 2. The number of ether oxygens (including phenoxy) is 1. The molecule has 8 nitrogen and oxygen atoms in total. The Labute approximate surface area is 326 Å². The lowest BCUT2D eigenvalue weighted by atomic mass is 9.33. The number of carboxylic acids is 2. The normalized spacial score (nSPS) is 36.3. The van der Waals surface area contributed by atoms with Gasteiger partial charge in [-0.3, -0.25) is 19.2 Å². The summed E-state index contributed by atoms with van der Waals surface area (Å²) in [5.41, 5.74) is 1.58. The van der Waals surface area contributed by atoms with Crippen molar-refractivity contribution in [3.05, 3.63) is 11.6 Å². The summed E-state index contributed by atoms with van der Waals surface area (Å²) in [5.74, 6) is -0.322. The van der Waals surface area contributed by atoms with E-state index in [4.69, 9.17) is 14.9 Å². The summed E-state index contributed by atoms with van der Waals surface area (Å²) >= 11 is 0. The summed E-state index contributed by atoms with van der Waals surface area (Å²) in [5, 5.41) is 21.3. The summed E-state index contributed by atoms with van der Waals surface area (Å²) in [4.78, 5) is 49.0. The topological polar surface area (TPSA) is 130 Å². The number of nitrogens with one attached hydrogen (secondary N) is 1. The van der Waals surface area contributed by atoms with Gasteiger partial charge >= 0.3 is 17.9 Å². The van der Waals surface area contributed by atoms with Gasteiger partial charge < -0.3 is 20.3 Å². The number of hydrogen-bond acceptors (Lipinski definition) is 5. The molecule has 0 aromatic rings. The predicted octanol–water partition coefficient (Wildman–Crippen LogP) is 10.7. The highest BCUT2D eigenvalue weighted by molar-refractivity contribution is 5.84. The molecule has 4 fully saturated rings. The van der Waals surface area contributed by atoms with Crippen LogP contribution in [-0.2, 0) is 23.9 Å². The number of amides is 1. The molecule has 54 heavy (non-hydrogen) atoms. The Bertz CT molecular complexity index is 1420. The molecule has 0 aromatic heterocycles. The molecule has 0 heterocycles. The highest BCUT2D eigenvalue weighted by Crippen LogP contribution is 2.76. The van der Waals surface area contributed by atoms with E-state index in [1.807, 2.05) is 0 Å². The fourth-order valence-corrected chi connectivity index (χ4v) is 13.3. The van der Waals surface area contributed by atoms with Crippen molar-refractivity contribution in [2.45, 2.75) is 196 Å². The molecule has 5 aliphatic rings. The molecule has 0 aromatic carbocycles. The highest BCUT2D eigenvalue weighted by Gasteiger charge is 2.69. The maximum absolute atomic E-state index is 14.5. The number of allylic oxidation sites excluding steroid dienone is 2. The van der Waals surface area contributed by atoms with Crippen molar-refractivity contribution in [3.63, 3.8) is 0 Å². The van der Waals surface area contributed by atoms with Crippen LogP contribution in [0.15, 0.2) is 11.6 Å². The minimum absolute atomic E-state index is 0.00959. The van der Waals surface area contributed by atoms with Gasteiger partial charge in [-0.2, -0.15) is 0 Å². The zero-order valence-electron chi connectivity index (χ0n) is 35.1. The third kappa shape index (κ3) is 8.34. The van der Waals surface area contributed by atoms with Crippen LogP contribution in [0.3, 0.4) is 0 Å². The number of carbonyl (C=O) groups excluding carboxylic acids is 2. The van der Waals surface area contributed by atoms with Crippen LogP contribution in [0.4, 0.5) is 0 Å². The van der Waals surface area contributed by atoms with Crippen LogP contribution in [0.5, 0.6) is 0 Å². The van der Waals surface area contributed by atoms with E-state index in [9.17, 15) is 19.2 Å². The fraction of sp³-hybridized carbons (Fsp3) is 0.870. The first-order valence-corrected chi connectivity index (χ1v) is 21.9. The van der Waals surface area contributed by atoms with Crippen LogP contribution >= 0.6 is 0 Å². The average Bonchev–Trinajstić information content (AvgIpc) is 3.08. The molecule has 8 heteroatoms. The largest absolute Gasteiger partial charge is 0.481 e. The second kappa shape index (κ2) is 16.6. The smallest absolute Gasteiger partial charge is 0.306 e. The van der Waals surface area contributed by atoms with Crippen molar-refractivity contribution in [1.82, 2.24) is 5.32 Å². The SMILES string of the molecule is CC1(C)CC[C@]2(C(=O)NCCCCCCCCCCC(=O)O)CC[C@]3(C)C(=CC[C@@H]4[C@@]5(C)CC[C@H](OC(=O)CCCC(=O)O)C(C)(C)[C@@H]5CC[C@]43C)[C@@H]2C1. The Morgan fingerprint density at radius 2 is 1.31 bits per heavy atom. The van der Waals surface area contributed by atoms with Crippen molar-refractivity contribution >= 4 is 23.8 Å². The first kappa shape index (κ1) is 42.8. The molecular formula is C46H75NO7. The van der Waals surface area contributed by atoms with Crippen molar-refractivity contribution < 1.29 is 34.1 Å². The Kier molecular flexibility index (Phi) is 13.2. The summed E-state index contributed by atoms with van der Waals surface area (Å²) in [7, 11) is 0. The molecule has 4 saturated carbocycles. The van der Waals surface area contributed by atoms with Gasteiger partial charge in [-0.25, -0.2) is 0 Å². The lowest BCUT2D eigenvalue weighted by Crippen LogP contribution is -2.65. The number of unbranched alkanes of at least 4 members (excludes halogenated alkanes) is 7. The Hall–Kier alpha value is -2.38. The van der Waals surface area contributed by atoms with E-state index in [0.717, 1.165) is 109 Å². The van der Waals surface area contributed by atoms with Crippen LogP contribution in [0.1, 0.15) is 190 Å². The molecule has 0 bridgehead atoms. The number of aliphatic carboxylic acids is 2. The average molecular weight is 754 g/mol. The first-order chi connectivity index (χ1) is 25.3. The first-order valence-electron chi connectivity index (χ1n) is 21.9. The van der Waals surface area contributed by atoms with Crippen LogP contribution in [0, 0.1) is 50.2 Å². The molecular weight excluding hydrogens is 679 g/mol. The zero-order valence-corrected chi connectivity index (χ0v) is 35.1. The number of esters is 1. The highest BCUT2D eigenvalue weighted by atomic mass is 16.5. The van der Waals surface area contributed by atoms with Crippen molar-refractivity contribution in [1.29, 1.82) is 0 Å². The molecule has 0 unspecified atom stereocenters. The van der Waals surface area contributed by atoms with Crippen LogP contribution in [0.25, 0.3) is 0 Å². The van der Waals surface area contributed by atoms with Gasteiger partial charge in [0.2, 0.25) is 5.91 Å². The summed E-state index contributed by atoms with van der Waals surface area (Å²) < 4.78 is 6.14. The third-order valence-corrected chi connectivity index (χ3v) is 16.7. The minimum atomic E-state index is -0.877. The number of fused-ring (bicyclic) bond motifs is 7. The molecule has 1 amide bonds. The van der Waals surface area contributed by atoms with Crippen molar-refractivity contribution in [2.24, 2.45) is 50.2 Å². The third-order valence-electron chi connectivity index (χ3n) is 16.7. The lowest BCUT2D eigenvalue weighted by molar-refractivity contribution is -0.213. The molecule has 0 saturated heterocycles. The van der Waals surface area contributed by atoms with Gasteiger partial charge in [-0.05, 0) is 123 Å². The Balaban J connectivity index is 1.25. The molecule has 5 rings (SSSR count). The molecule has 3 N–H and O–H groups in total. The Morgan fingerprint density at radius 1 is 0.704 bits per heavy atom. The van der Waals surface area contributed by atoms with Gasteiger partial charge in [0.25, 0.3) is 0 Å². The Morgan fingerprint density at radius 3 is 1.98 bits per heavy atom. The number of hydrogen-bond donors (Lipinski definition) is 3. The molecule has 0 radical (unpaired) electrons. The van der Waals surface area contributed by atoms with Gasteiger partial charge in [0.15, 0.2) is 0 Å². The van der Waals surface area contributed by atoms with E-state index >= 15 is 0 Å². The molecule has 0 spiro atoms. The van der Waals surface area contributed by atoms with E-state index in [0.29, 0.717) is 24.2 Å². The number of rotatable bonds is 17. The van der Waals surface area contributed by atoms with Gasteiger partial charge in [0, 0.05) is 31.2 Å². The van der Waals surface area contributed by atoms with E-state index in [2.05, 4.69) is 59.9 Å². The monoisotopic (exact) mass is 754 g/mol. The molecule has 306 valence electrons. The van der Waals surface area contributed by atoms with E-state index in [1.165, 1.54) is 12.8 Å². The van der Waals surface area contributed by atoms with E-state index in [-0.39, 0.29) is 69.7 Å².